The predicted molar refractivity (Wildman–Crippen MR) is 125 cm³/mol. The van der Waals surface area contributed by atoms with Gasteiger partial charge in [0, 0.05) is 38.3 Å². The molecule has 1 atom stereocenters. The molecule has 3 heterocycles. The molecule has 1 fully saturated rings. The Hall–Kier alpha value is -3.28. The molecule has 4 rings (SSSR count). The second-order valence-corrected chi connectivity index (χ2v) is 7.93. The maximum Gasteiger partial charge on any atom is 0.191 e. The van der Waals surface area contributed by atoms with Crippen molar-refractivity contribution in [2.45, 2.75) is 38.3 Å². The number of nitrogens with one attached hydrogen (secondary N) is 2. The minimum absolute atomic E-state index is 0.171. The van der Waals surface area contributed by atoms with Gasteiger partial charge in [0.25, 0.3) is 0 Å². The van der Waals surface area contributed by atoms with E-state index in [1.807, 2.05) is 36.5 Å². The van der Waals surface area contributed by atoms with E-state index in [4.69, 9.17) is 9.41 Å². The van der Waals surface area contributed by atoms with Gasteiger partial charge in [0.15, 0.2) is 5.96 Å². The third-order valence-corrected chi connectivity index (χ3v) is 5.67. The van der Waals surface area contributed by atoms with Crippen molar-refractivity contribution in [3.05, 3.63) is 84.4 Å². The van der Waals surface area contributed by atoms with Crippen LogP contribution in [0.2, 0.25) is 0 Å². The number of piperidine rings is 1. The van der Waals surface area contributed by atoms with Crippen LogP contribution in [0.5, 0.6) is 0 Å². The number of guanidine groups is 1. The number of furan rings is 1. The van der Waals surface area contributed by atoms with E-state index < -0.39 is 0 Å². The van der Waals surface area contributed by atoms with E-state index in [-0.39, 0.29) is 6.04 Å². The summed E-state index contributed by atoms with van der Waals surface area (Å²) in [5, 5.41) is 7.26. The number of aromatic nitrogens is 1. The van der Waals surface area contributed by atoms with Crippen LogP contribution in [0.1, 0.15) is 37.1 Å². The average molecular weight is 418 g/mol. The van der Waals surface area contributed by atoms with Crippen LogP contribution in [0.3, 0.4) is 0 Å². The molecule has 2 N–H and O–H groups in total. The molecule has 1 saturated heterocycles. The smallest absolute Gasteiger partial charge is 0.191 e. The molecule has 0 amide bonds. The lowest BCUT2D eigenvalue weighted by Crippen LogP contribution is -2.49. The minimum atomic E-state index is 0.171. The first-order chi connectivity index (χ1) is 15.3. The maximum absolute atomic E-state index is 5.45. The molecule has 2 aromatic heterocycles. The lowest BCUT2D eigenvalue weighted by Gasteiger charge is -2.34. The van der Waals surface area contributed by atoms with E-state index in [1.54, 1.807) is 6.26 Å². The summed E-state index contributed by atoms with van der Waals surface area (Å²) in [6.45, 7) is 4.82. The summed E-state index contributed by atoms with van der Waals surface area (Å²) < 4.78 is 5.45. The number of nitrogens with zero attached hydrogens (tertiary/aromatic N) is 3. The van der Waals surface area contributed by atoms with E-state index in [9.17, 15) is 0 Å². The van der Waals surface area contributed by atoms with Gasteiger partial charge in [0.05, 0.1) is 12.3 Å². The van der Waals surface area contributed by atoms with Gasteiger partial charge >= 0.3 is 0 Å². The first kappa shape index (κ1) is 21.0. The van der Waals surface area contributed by atoms with Crippen LogP contribution in [0.15, 0.2) is 82.5 Å². The largest absolute Gasteiger partial charge is 0.469 e. The zero-order chi connectivity index (χ0) is 21.3. The van der Waals surface area contributed by atoms with Gasteiger partial charge in [0.1, 0.15) is 11.6 Å². The van der Waals surface area contributed by atoms with Crippen LogP contribution in [-0.2, 0) is 6.42 Å². The molecule has 0 spiro atoms. The van der Waals surface area contributed by atoms with Gasteiger partial charge in [-0.05, 0) is 49.6 Å². The molecule has 1 aliphatic heterocycles. The summed E-state index contributed by atoms with van der Waals surface area (Å²) in [5.74, 6) is 2.88. The van der Waals surface area contributed by atoms with Gasteiger partial charge in [0.2, 0.25) is 0 Å². The fourth-order valence-corrected chi connectivity index (χ4v) is 3.88. The highest BCUT2D eigenvalue weighted by Gasteiger charge is 2.21. The highest BCUT2D eigenvalue weighted by atomic mass is 16.3. The topological polar surface area (TPSA) is 65.7 Å². The number of aliphatic imine (C=N–C) groups is 1. The molecule has 0 radical (unpaired) electrons. The van der Waals surface area contributed by atoms with Crippen molar-refractivity contribution in [3.63, 3.8) is 0 Å². The van der Waals surface area contributed by atoms with Crippen LogP contribution < -0.4 is 15.5 Å². The van der Waals surface area contributed by atoms with Crippen molar-refractivity contribution in [2.24, 2.45) is 4.99 Å². The second kappa shape index (κ2) is 10.7. The molecule has 0 aliphatic carbocycles. The van der Waals surface area contributed by atoms with Gasteiger partial charge < -0.3 is 20.0 Å². The normalized spacial score (nSPS) is 16.2. The zero-order valence-electron chi connectivity index (χ0n) is 18.1. The van der Waals surface area contributed by atoms with E-state index in [0.29, 0.717) is 12.6 Å². The van der Waals surface area contributed by atoms with Gasteiger partial charge in [-0.1, -0.05) is 36.4 Å². The Morgan fingerprint density at radius 1 is 1.10 bits per heavy atom. The van der Waals surface area contributed by atoms with Crippen molar-refractivity contribution in [3.8, 4) is 0 Å². The number of benzene rings is 1. The Balaban J connectivity index is 1.36. The Morgan fingerprint density at radius 2 is 1.90 bits per heavy atom. The van der Waals surface area contributed by atoms with Crippen molar-refractivity contribution >= 4 is 11.8 Å². The second-order valence-electron chi connectivity index (χ2n) is 7.93. The highest BCUT2D eigenvalue weighted by molar-refractivity contribution is 5.80. The predicted octanol–water partition coefficient (Wildman–Crippen LogP) is 4.18. The van der Waals surface area contributed by atoms with Gasteiger partial charge in [-0.25, -0.2) is 4.98 Å². The number of hydrogen-bond donors (Lipinski definition) is 2. The molecule has 6 heteroatoms. The Bertz CT molecular complexity index is 919. The van der Waals surface area contributed by atoms with Crippen molar-refractivity contribution in [2.75, 3.05) is 24.5 Å². The van der Waals surface area contributed by atoms with Crippen LogP contribution in [-0.4, -0.2) is 36.6 Å². The summed E-state index contributed by atoms with van der Waals surface area (Å²) in [6.07, 6.45) is 6.46. The SMILES string of the molecule is CC(NC(=NCCc1ccco1)NC1CCN(c2ccccn2)CC1)c1ccccc1. The van der Waals surface area contributed by atoms with Gasteiger partial charge in [-0.15, -0.1) is 0 Å². The molecule has 0 bridgehead atoms. The molecule has 0 saturated carbocycles. The third-order valence-electron chi connectivity index (χ3n) is 5.67. The first-order valence-corrected chi connectivity index (χ1v) is 11.1. The molecule has 3 aromatic rings. The number of hydrogen-bond acceptors (Lipinski definition) is 4. The fourth-order valence-electron chi connectivity index (χ4n) is 3.88. The van der Waals surface area contributed by atoms with E-state index in [0.717, 1.165) is 49.9 Å². The Kier molecular flexibility index (Phi) is 7.21. The summed E-state index contributed by atoms with van der Waals surface area (Å²) in [6, 6.07) is 21.0. The Labute approximate surface area is 184 Å². The van der Waals surface area contributed by atoms with E-state index in [2.05, 4.69) is 57.8 Å². The standard InChI is InChI=1S/C25H31N5O/c1-20(21-8-3-2-4-9-21)28-25(27-16-12-23-10-7-19-31-23)29-22-13-17-30(18-14-22)24-11-5-6-15-26-24/h2-11,15,19-20,22H,12-14,16-18H2,1H3,(H2,27,28,29). The quantitative estimate of drug-likeness (QED) is 0.446. The summed E-state index contributed by atoms with van der Waals surface area (Å²) in [4.78, 5) is 11.7. The third kappa shape index (κ3) is 6.10. The summed E-state index contributed by atoms with van der Waals surface area (Å²) in [5.41, 5.74) is 1.24. The molecule has 31 heavy (non-hydrogen) atoms. The lowest BCUT2D eigenvalue weighted by atomic mass is 10.0. The number of pyridine rings is 1. The number of rotatable bonds is 7. The van der Waals surface area contributed by atoms with Gasteiger partial charge in [-0.2, -0.15) is 0 Å². The maximum atomic E-state index is 5.45. The minimum Gasteiger partial charge on any atom is -0.469 e. The van der Waals surface area contributed by atoms with Crippen LogP contribution >= 0.6 is 0 Å². The molecule has 162 valence electrons. The Morgan fingerprint density at radius 3 is 2.61 bits per heavy atom. The van der Waals surface area contributed by atoms with Crippen molar-refractivity contribution in [1.82, 2.24) is 15.6 Å². The van der Waals surface area contributed by atoms with Crippen molar-refractivity contribution in [1.29, 1.82) is 0 Å². The molecule has 1 aromatic carbocycles. The molecular weight excluding hydrogens is 386 g/mol. The van der Waals surface area contributed by atoms with Crippen LogP contribution in [0, 0.1) is 0 Å². The zero-order valence-corrected chi connectivity index (χ0v) is 18.1. The molecular formula is C25H31N5O. The monoisotopic (exact) mass is 417 g/mol. The van der Waals surface area contributed by atoms with E-state index >= 15 is 0 Å². The van der Waals surface area contributed by atoms with Crippen LogP contribution in [0.25, 0.3) is 0 Å². The average Bonchev–Trinajstić information content (AvgIpc) is 3.34. The highest BCUT2D eigenvalue weighted by Crippen LogP contribution is 2.17. The molecule has 1 unspecified atom stereocenters. The van der Waals surface area contributed by atoms with Crippen LogP contribution in [0.4, 0.5) is 5.82 Å². The lowest BCUT2D eigenvalue weighted by molar-refractivity contribution is 0.456. The van der Waals surface area contributed by atoms with Crippen molar-refractivity contribution < 1.29 is 4.42 Å². The molecule has 6 nitrogen and oxygen atoms in total. The summed E-state index contributed by atoms with van der Waals surface area (Å²) in [7, 11) is 0. The van der Waals surface area contributed by atoms with E-state index in [1.165, 1.54) is 5.56 Å². The summed E-state index contributed by atoms with van der Waals surface area (Å²) >= 11 is 0. The molecule has 1 aliphatic rings. The van der Waals surface area contributed by atoms with Gasteiger partial charge in [-0.3, -0.25) is 4.99 Å². The fraction of sp³-hybridized carbons (Fsp3) is 0.360. The number of anilines is 1. The first-order valence-electron chi connectivity index (χ1n) is 11.1.